The number of hydrogen-bond donors (Lipinski definition) is 2. The van der Waals surface area contributed by atoms with Gasteiger partial charge in [-0.05, 0) is 41.5 Å². The molecule has 138 valence electrons. The van der Waals surface area contributed by atoms with E-state index in [1.807, 2.05) is 42.5 Å². The van der Waals surface area contributed by atoms with Gasteiger partial charge in [0.1, 0.15) is 11.9 Å². The van der Waals surface area contributed by atoms with E-state index in [9.17, 15) is 14.0 Å². The molecular formula is C21H18ClFN2O2. The molecule has 1 atom stereocenters. The number of benzene rings is 3. The zero-order chi connectivity index (χ0) is 19.4. The van der Waals surface area contributed by atoms with Gasteiger partial charge in [-0.3, -0.25) is 9.59 Å². The first-order chi connectivity index (χ1) is 12.9. The lowest BCUT2D eigenvalue weighted by molar-refractivity contribution is -0.125. The first-order valence-electron chi connectivity index (χ1n) is 8.46. The first kappa shape index (κ1) is 18.9. The third-order valence-corrected chi connectivity index (χ3v) is 4.48. The van der Waals surface area contributed by atoms with Crippen LogP contribution in [0.25, 0.3) is 10.8 Å². The summed E-state index contributed by atoms with van der Waals surface area (Å²) in [6, 6.07) is 16.7. The summed E-state index contributed by atoms with van der Waals surface area (Å²) < 4.78 is 13.2. The van der Waals surface area contributed by atoms with Crippen molar-refractivity contribution in [2.24, 2.45) is 0 Å². The Balaban J connectivity index is 1.62. The number of amides is 2. The van der Waals surface area contributed by atoms with Crippen LogP contribution >= 0.6 is 11.6 Å². The minimum absolute atomic E-state index is 0.0829. The number of hydrogen-bond acceptors (Lipinski definition) is 2. The van der Waals surface area contributed by atoms with Crippen LogP contribution in [0.3, 0.4) is 0 Å². The minimum Gasteiger partial charge on any atom is -0.344 e. The van der Waals surface area contributed by atoms with Gasteiger partial charge in [0, 0.05) is 5.69 Å². The van der Waals surface area contributed by atoms with Crippen molar-refractivity contribution in [1.82, 2.24) is 5.32 Å². The normalized spacial score (nSPS) is 11.8. The second-order valence-corrected chi connectivity index (χ2v) is 6.63. The predicted molar refractivity (Wildman–Crippen MR) is 105 cm³/mol. The summed E-state index contributed by atoms with van der Waals surface area (Å²) in [5, 5.41) is 7.27. The molecule has 0 bridgehead atoms. The maximum Gasteiger partial charge on any atom is 0.246 e. The summed E-state index contributed by atoms with van der Waals surface area (Å²) in [7, 11) is 0. The largest absolute Gasteiger partial charge is 0.344 e. The topological polar surface area (TPSA) is 58.2 Å². The summed E-state index contributed by atoms with van der Waals surface area (Å²) in [5.74, 6) is -1.24. The Kier molecular flexibility index (Phi) is 5.72. The zero-order valence-corrected chi connectivity index (χ0v) is 15.4. The van der Waals surface area contributed by atoms with Crippen molar-refractivity contribution in [3.05, 3.63) is 77.1 Å². The van der Waals surface area contributed by atoms with Crippen molar-refractivity contribution in [1.29, 1.82) is 0 Å². The number of carbonyl (C=O) groups excluding carboxylic acids is 2. The van der Waals surface area contributed by atoms with Gasteiger partial charge in [-0.25, -0.2) is 4.39 Å². The van der Waals surface area contributed by atoms with Gasteiger partial charge in [-0.15, -0.1) is 0 Å². The van der Waals surface area contributed by atoms with Gasteiger partial charge in [0.05, 0.1) is 11.4 Å². The first-order valence-corrected chi connectivity index (χ1v) is 8.84. The smallest absolute Gasteiger partial charge is 0.246 e. The molecule has 0 radical (unpaired) electrons. The molecule has 0 spiro atoms. The molecule has 3 aromatic carbocycles. The zero-order valence-electron chi connectivity index (χ0n) is 14.6. The van der Waals surface area contributed by atoms with Crippen molar-refractivity contribution in [2.75, 3.05) is 5.32 Å². The Morgan fingerprint density at radius 2 is 1.81 bits per heavy atom. The molecule has 6 heteroatoms. The fourth-order valence-corrected chi connectivity index (χ4v) is 2.98. The summed E-state index contributed by atoms with van der Waals surface area (Å²) in [5.41, 5.74) is 1.25. The number of nitrogens with one attached hydrogen (secondary N) is 2. The van der Waals surface area contributed by atoms with Crippen LogP contribution in [0.2, 0.25) is 5.02 Å². The van der Waals surface area contributed by atoms with E-state index in [0.29, 0.717) is 5.69 Å². The highest BCUT2D eigenvalue weighted by atomic mass is 35.5. The van der Waals surface area contributed by atoms with Crippen molar-refractivity contribution in [3.8, 4) is 0 Å². The molecule has 27 heavy (non-hydrogen) atoms. The third-order valence-electron chi connectivity index (χ3n) is 4.19. The van der Waals surface area contributed by atoms with Crippen molar-refractivity contribution >= 4 is 39.9 Å². The van der Waals surface area contributed by atoms with Gasteiger partial charge in [0.2, 0.25) is 11.8 Å². The lowest BCUT2D eigenvalue weighted by Crippen LogP contribution is -2.42. The second kappa shape index (κ2) is 8.18. The Hall–Kier alpha value is -2.92. The van der Waals surface area contributed by atoms with Crippen LogP contribution in [0.5, 0.6) is 0 Å². The quantitative estimate of drug-likeness (QED) is 0.688. The van der Waals surface area contributed by atoms with Crippen molar-refractivity contribution in [2.45, 2.75) is 19.4 Å². The van der Waals surface area contributed by atoms with Crippen LogP contribution in [-0.2, 0) is 16.0 Å². The number of halogens is 2. The molecule has 0 aliphatic heterocycles. The van der Waals surface area contributed by atoms with Crippen LogP contribution in [0.4, 0.5) is 10.1 Å². The molecule has 4 nitrogen and oxygen atoms in total. The molecule has 0 aromatic heterocycles. The molecular weight excluding hydrogens is 367 g/mol. The van der Waals surface area contributed by atoms with E-state index >= 15 is 0 Å². The third kappa shape index (κ3) is 4.63. The van der Waals surface area contributed by atoms with E-state index in [1.54, 1.807) is 6.92 Å². The Labute approximate surface area is 161 Å². The second-order valence-electron chi connectivity index (χ2n) is 6.22. The van der Waals surface area contributed by atoms with Crippen LogP contribution < -0.4 is 10.6 Å². The molecule has 3 aromatic rings. The molecule has 0 heterocycles. The summed E-state index contributed by atoms with van der Waals surface area (Å²) >= 11 is 5.70. The molecule has 2 N–H and O–H groups in total. The fraction of sp³-hybridized carbons (Fsp3) is 0.143. The van der Waals surface area contributed by atoms with Gasteiger partial charge in [-0.2, -0.15) is 0 Å². The van der Waals surface area contributed by atoms with E-state index in [2.05, 4.69) is 10.6 Å². The molecule has 0 fully saturated rings. The Bertz CT molecular complexity index is 1000. The average Bonchev–Trinajstić information content (AvgIpc) is 2.65. The standard InChI is InChI=1S/C21H18ClFN2O2/c1-13(21(27)25-16-9-10-19(23)18(22)12-16)24-20(26)11-15-7-4-6-14-5-2-3-8-17(14)15/h2-10,12-13H,11H2,1H3,(H,24,26)(H,25,27)/t13-/m1/s1. The van der Waals surface area contributed by atoms with E-state index in [1.165, 1.54) is 18.2 Å². The number of carbonyl (C=O) groups is 2. The molecule has 0 aliphatic rings. The van der Waals surface area contributed by atoms with Gasteiger partial charge in [-0.1, -0.05) is 54.1 Å². The van der Waals surface area contributed by atoms with Crippen molar-refractivity contribution < 1.29 is 14.0 Å². The molecule has 0 aliphatic carbocycles. The summed E-state index contributed by atoms with van der Waals surface area (Å²) in [4.78, 5) is 24.6. The van der Waals surface area contributed by atoms with Gasteiger partial charge in [0.15, 0.2) is 0 Å². The molecule has 0 saturated heterocycles. The van der Waals surface area contributed by atoms with E-state index in [-0.39, 0.29) is 17.4 Å². The Morgan fingerprint density at radius 1 is 1.07 bits per heavy atom. The predicted octanol–water partition coefficient (Wildman–Crippen LogP) is 4.32. The van der Waals surface area contributed by atoms with Gasteiger partial charge < -0.3 is 10.6 Å². The number of rotatable bonds is 5. The number of fused-ring (bicyclic) bond motifs is 1. The molecule has 2 amide bonds. The fourth-order valence-electron chi connectivity index (χ4n) is 2.80. The molecule has 0 unspecified atom stereocenters. The molecule has 3 rings (SSSR count). The molecule has 0 saturated carbocycles. The van der Waals surface area contributed by atoms with Crippen LogP contribution in [-0.4, -0.2) is 17.9 Å². The monoisotopic (exact) mass is 384 g/mol. The Morgan fingerprint density at radius 3 is 2.59 bits per heavy atom. The summed E-state index contributed by atoms with van der Waals surface area (Å²) in [6.45, 7) is 1.58. The van der Waals surface area contributed by atoms with E-state index in [4.69, 9.17) is 11.6 Å². The number of anilines is 1. The highest BCUT2D eigenvalue weighted by Crippen LogP contribution is 2.20. The maximum absolute atomic E-state index is 13.2. The maximum atomic E-state index is 13.2. The van der Waals surface area contributed by atoms with E-state index in [0.717, 1.165) is 16.3 Å². The van der Waals surface area contributed by atoms with Crippen LogP contribution in [0.1, 0.15) is 12.5 Å². The highest BCUT2D eigenvalue weighted by molar-refractivity contribution is 6.31. The van der Waals surface area contributed by atoms with Crippen molar-refractivity contribution in [3.63, 3.8) is 0 Å². The highest BCUT2D eigenvalue weighted by Gasteiger charge is 2.17. The lowest BCUT2D eigenvalue weighted by Gasteiger charge is -2.15. The lowest BCUT2D eigenvalue weighted by atomic mass is 10.0. The van der Waals surface area contributed by atoms with Crippen LogP contribution in [0, 0.1) is 5.82 Å². The van der Waals surface area contributed by atoms with E-state index < -0.39 is 17.8 Å². The SMILES string of the molecule is C[C@@H](NC(=O)Cc1cccc2ccccc12)C(=O)Nc1ccc(F)c(Cl)c1. The minimum atomic E-state index is -0.753. The summed E-state index contributed by atoms with van der Waals surface area (Å²) in [6.07, 6.45) is 0.168. The van der Waals surface area contributed by atoms with Gasteiger partial charge >= 0.3 is 0 Å². The van der Waals surface area contributed by atoms with Gasteiger partial charge in [0.25, 0.3) is 0 Å². The average molecular weight is 385 g/mol. The van der Waals surface area contributed by atoms with Crippen LogP contribution in [0.15, 0.2) is 60.7 Å².